The van der Waals surface area contributed by atoms with Gasteiger partial charge in [0.05, 0.1) is 11.8 Å². The molecule has 96 valence electrons. The maximum atomic E-state index is 11.8. The van der Waals surface area contributed by atoms with E-state index in [0.29, 0.717) is 19.5 Å². The Balaban J connectivity index is 4.46. The molecule has 5 nitrogen and oxygen atoms in total. The van der Waals surface area contributed by atoms with E-state index in [2.05, 4.69) is 4.72 Å². The van der Waals surface area contributed by atoms with Gasteiger partial charge in [-0.3, -0.25) is 4.79 Å². The van der Waals surface area contributed by atoms with Crippen molar-refractivity contribution in [3.05, 3.63) is 0 Å². The van der Waals surface area contributed by atoms with Gasteiger partial charge in [0.2, 0.25) is 15.9 Å². The lowest BCUT2D eigenvalue weighted by atomic mass is 10.3. The van der Waals surface area contributed by atoms with Crippen LogP contribution in [0, 0.1) is 0 Å². The van der Waals surface area contributed by atoms with Gasteiger partial charge in [-0.1, -0.05) is 6.92 Å². The summed E-state index contributed by atoms with van der Waals surface area (Å²) in [5.41, 5.74) is 0. The van der Waals surface area contributed by atoms with Gasteiger partial charge in [-0.2, -0.15) is 0 Å². The minimum absolute atomic E-state index is 0.0584. The number of amides is 1. The second-order valence-electron chi connectivity index (χ2n) is 3.67. The summed E-state index contributed by atoms with van der Waals surface area (Å²) in [7, 11) is -3.32. The number of sulfonamides is 1. The van der Waals surface area contributed by atoms with Crippen LogP contribution in [0.5, 0.6) is 0 Å². The Morgan fingerprint density at radius 2 is 1.75 bits per heavy atom. The Morgan fingerprint density at radius 1 is 1.25 bits per heavy atom. The molecule has 0 aliphatic heterocycles. The van der Waals surface area contributed by atoms with E-state index in [1.54, 1.807) is 18.7 Å². The van der Waals surface area contributed by atoms with E-state index in [4.69, 9.17) is 0 Å². The molecule has 0 fully saturated rings. The Labute approximate surface area is 98.3 Å². The first-order valence-electron chi connectivity index (χ1n) is 5.66. The molecule has 16 heavy (non-hydrogen) atoms. The molecule has 1 N–H and O–H groups in total. The van der Waals surface area contributed by atoms with Gasteiger partial charge in [-0.05, 0) is 27.2 Å². The molecular weight excluding hydrogens is 228 g/mol. The van der Waals surface area contributed by atoms with Crippen LogP contribution in [-0.2, 0) is 14.8 Å². The fourth-order valence-electron chi connectivity index (χ4n) is 1.46. The summed E-state index contributed by atoms with van der Waals surface area (Å²) in [4.78, 5) is 13.4. The highest BCUT2D eigenvalue weighted by Crippen LogP contribution is 1.98. The number of likely N-dealkylation sites (N-methyl/N-ethyl adjacent to an activating group) is 1. The van der Waals surface area contributed by atoms with Crippen LogP contribution in [0.25, 0.3) is 0 Å². The van der Waals surface area contributed by atoms with E-state index in [-0.39, 0.29) is 11.7 Å². The molecule has 0 aromatic heterocycles. The number of carbonyl (C=O) groups is 1. The standard InChI is InChI=1S/C10H22N2O3S/c1-5-8-16(14,15)11-9(4)10(13)12(6-2)7-3/h9,11H,5-8H2,1-4H3. The first-order chi connectivity index (χ1) is 7.37. The molecule has 0 saturated carbocycles. The first kappa shape index (κ1) is 15.4. The molecule has 0 rings (SSSR count). The molecule has 1 unspecified atom stereocenters. The zero-order chi connectivity index (χ0) is 12.8. The summed E-state index contributed by atoms with van der Waals surface area (Å²) in [5.74, 6) is -0.118. The number of nitrogens with one attached hydrogen (secondary N) is 1. The predicted octanol–water partition coefficient (Wildman–Crippen LogP) is 0.573. The minimum atomic E-state index is -3.32. The number of hydrogen-bond donors (Lipinski definition) is 1. The molecule has 0 aliphatic carbocycles. The SMILES string of the molecule is CCCS(=O)(=O)NC(C)C(=O)N(CC)CC. The average molecular weight is 250 g/mol. The van der Waals surface area contributed by atoms with Crippen molar-refractivity contribution in [3.8, 4) is 0 Å². The molecule has 0 aromatic rings. The van der Waals surface area contributed by atoms with Crippen LogP contribution in [0.2, 0.25) is 0 Å². The largest absolute Gasteiger partial charge is 0.342 e. The maximum absolute atomic E-state index is 11.8. The molecule has 1 amide bonds. The fraction of sp³-hybridized carbons (Fsp3) is 0.900. The van der Waals surface area contributed by atoms with Gasteiger partial charge in [0.15, 0.2) is 0 Å². The lowest BCUT2D eigenvalue weighted by Gasteiger charge is -2.23. The van der Waals surface area contributed by atoms with Gasteiger partial charge in [0, 0.05) is 13.1 Å². The topological polar surface area (TPSA) is 66.5 Å². The smallest absolute Gasteiger partial charge is 0.240 e. The van der Waals surface area contributed by atoms with E-state index < -0.39 is 16.1 Å². The van der Waals surface area contributed by atoms with Crippen LogP contribution in [0.3, 0.4) is 0 Å². The lowest BCUT2D eigenvalue weighted by Crippen LogP contribution is -2.47. The van der Waals surface area contributed by atoms with Crippen LogP contribution in [0.1, 0.15) is 34.1 Å². The van der Waals surface area contributed by atoms with Gasteiger partial charge < -0.3 is 4.90 Å². The third-order valence-corrected chi connectivity index (χ3v) is 3.93. The lowest BCUT2D eigenvalue weighted by molar-refractivity contribution is -0.132. The molecule has 1 atom stereocenters. The third-order valence-electron chi connectivity index (χ3n) is 2.27. The predicted molar refractivity (Wildman–Crippen MR) is 64.6 cm³/mol. The fourth-order valence-corrected chi connectivity index (χ4v) is 2.75. The van der Waals surface area contributed by atoms with Crippen molar-refractivity contribution in [2.24, 2.45) is 0 Å². The molecule has 6 heteroatoms. The van der Waals surface area contributed by atoms with Gasteiger partial charge in [-0.25, -0.2) is 13.1 Å². The van der Waals surface area contributed by atoms with Crippen molar-refractivity contribution in [3.63, 3.8) is 0 Å². The van der Waals surface area contributed by atoms with Crippen LogP contribution in [0.15, 0.2) is 0 Å². The van der Waals surface area contributed by atoms with E-state index in [0.717, 1.165) is 0 Å². The zero-order valence-electron chi connectivity index (χ0n) is 10.5. The Kier molecular flexibility index (Phi) is 6.59. The van der Waals surface area contributed by atoms with Gasteiger partial charge in [0.1, 0.15) is 0 Å². The molecule has 0 saturated heterocycles. The normalized spacial score (nSPS) is 13.5. The first-order valence-corrected chi connectivity index (χ1v) is 7.31. The second kappa shape index (κ2) is 6.85. The average Bonchev–Trinajstić information content (AvgIpc) is 2.18. The zero-order valence-corrected chi connectivity index (χ0v) is 11.3. The minimum Gasteiger partial charge on any atom is -0.342 e. The number of carbonyl (C=O) groups excluding carboxylic acids is 1. The molecule has 0 spiro atoms. The Morgan fingerprint density at radius 3 is 2.12 bits per heavy atom. The summed E-state index contributed by atoms with van der Waals surface area (Å²) >= 11 is 0. The van der Waals surface area contributed by atoms with E-state index in [1.807, 2.05) is 13.8 Å². The summed E-state index contributed by atoms with van der Waals surface area (Å²) in [6.07, 6.45) is 0.543. The highest BCUT2D eigenvalue weighted by Gasteiger charge is 2.22. The third kappa shape index (κ3) is 4.94. The van der Waals surface area contributed by atoms with Crippen LogP contribution in [-0.4, -0.2) is 44.1 Å². The Bertz CT molecular complexity index is 310. The molecular formula is C10H22N2O3S. The summed E-state index contributed by atoms with van der Waals surface area (Å²) in [6, 6.07) is -0.684. The number of nitrogens with zero attached hydrogens (tertiary/aromatic N) is 1. The van der Waals surface area contributed by atoms with Gasteiger partial charge in [0.25, 0.3) is 0 Å². The van der Waals surface area contributed by atoms with Gasteiger partial charge in [-0.15, -0.1) is 0 Å². The summed E-state index contributed by atoms with van der Waals surface area (Å²) in [5, 5.41) is 0. The quantitative estimate of drug-likeness (QED) is 0.718. The maximum Gasteiger partial charge on any atom is 0.240 e. The molecule has 0 radical (unpaired) electrons. The van der Waals surface area contributed by atoms with E-state index >= 15 is 0 Å². The van der Waals surface area contributed by atoms with Crippen LogP contribution < -0.4 is 4.72 Å². The van der Waals surface area contributed by atoms with Crippen molar-refractivity contribution in [2.45, 2.75) is 40.2 Å². The van der Waals surface area contributed by atoms with Crippen molar-refractivity contribution in [1.82, 2.24) is 9.62 Å². The molecule has 0 aliphatic rings. The van der Waals surface area contributed by atoms with E-state index in [1.165, 1.54) is 0 Å². The van der Waals surface area contributed by atoms with Crippen molar-refractivity contribution in [2.75, 3.05) is 18.8 Å². The second-order valence-corrected chi connectivity index (χ2v) is 5.54. The number of hydrogen-bond acceptors (Lipinski definition) is 3. The van der Waals surface area contributed by atoms with Crippen molar-refractivity contribution < 1.29 is 13.2 Å². The molecule has 0 aromatic carbocycles. The Hall–Kier alpha value is -0.620. The van der Waals surface area contributed by atoms with Crippen LogP contribution in [0.4, 0.5) is 0 Å². The van der Waals surface area contributed by atoms with E-state index in [9.17, 15) is 13.2 Å². The van der Waals surface area contributed by atoms with Gasteiger partial charge >= 0.3 is 0 Å². The summed E-state index contributed by atoms with van der Waals surface area (Å²) in [6.45, 7) is 8.29. The number of rotatable bonds is 7. The highest BCUT2D eigenvalue weighted by atomic mass is 32.2. The summed E-state index contributed by atoms with van der Waals surface area (Å²) < 4.78 is 25.3. The molecule has 0 bridgehead atoms. The molecule has 0 heterocycles. The van der Waals surface area contributed by atoms with Crippen LogP contribution >= 0.6 is 0 Å². The highest BCUT2D eigenvalue weighted by molar-refractivity contribution is 7.89. The monoisotopic (exact) mass is 250 g/mol. The van der Waals surface area contributed by atoms with Crippen molar-refractivity contribution in [1.29, 1.82) is 0 Å². The van der Waals surface area contributed by atoms with Crippen molar-refractivity contribution >= 4 is 15.9 Å².